The highest BCUT2D eigenvalue weighted by atomic mass is 19.4. The van der Waals surface area contributed by atoms with Crippen molar-refractivity contribution in [3.05, 3.63) is 71.0 Å². The van der Waals surface area contributed by atoms with Crippen LogP contribution in [0, 0.1) is 5.82 Å². The minimum atomic E-state index is -4.52. The molecular weight excluding hydrogens is 355 g/mol. The standard InChI is InChI=1S/C18H17F5N2O/c19-7-8-24-17(26)25-11-16(13-4-2-6-15(20)10-13)12-3-1-5-14(9-12)18(21,22)23/h1-6,9-10,16H,7-8,11H2,(H2,24,25,26). The van der Waals surface area contributed by atoms with Gasteiger partial charge in [0.1, 0.15) is 12.5 Å². The molecule has 140 valence electrons. The van der Waals surface area contributed by atoms with Gasteiger partial charge in [0.15, 0.2) is 0 Å². The summed E-state index contributed by atoms with van der Waals surface area (Å²) in [5.41, 5.74) is -0.149. The number of amides is 2. The molecule has 0 fully saturated rings. The maximum absolute atomic E-state index is 13.6. The summed E-state index contributed by atoms with van der Waals surface area (Å²) in [5.74, 6) is -1.24. The minimum absolute atomic E-state index is 0.0805. The Morgan fingerprint density at radius 3 is 2.27 bits per heavy atom. The van der Waals surface area contributed by atoms with E-state index in [1.54, 1.807) is 6.07 Å². The molecule has 0 saturated carbocycles. The van der Waals surface area contributed by atoms with E-state index in [0.29, 0.717) is 5.56 Å². The van der Waals surface area contributed by atoms with Gasteiger partial charge in [-0.15, -0.1) is 0 Å². The molecule has 0 saturated heterocycles. The Bertz CT molecular complexity index is 748. The summed E-state index contributed by atoms with van der Waals surface area (Å²) >= 11 is 0. The number of hydrogen-bond acceptors (Lipinski definition) is 1. The average Bonchev–Trinajstić information content (AvgIpc) is 2.60. The summed E-state index contributed by atoms with van der Waals surface area (Å²) in [6.45, 7) is -1.00. The van der Waals surface area contributed by atoms with E-state index in [1.165, 1.54) is 30.3 Å². The molecule has 8 heteroatoms. The zero-order valence-corrected chi connectivity index (χ0v) is 13.6. The predicted molar refractivity (Wildman–Crippen MR) is 87.1 cm³/mol. The second-order valence-corrected chi connectivity index (χ2v) is 5.56. The normalized spacial score (nSPS) is 12.5. The van der Waals surface area contributed by atoms with Crippen LogP contribution < -0.4 is 10.6 Å². The topological polar surface area (TPSA) is 41.1 Å². The Kier molecular flexibility index (Phi) is 6.54. The van der Waals surface area contributed by atoms with Crippen molar-refractivity contribution in [1.29, 1.82) is 0 Å². The van der Waals surface area contributed by atoms with Crippen LogP contribution in [-0.2, 0) is 6.18 Å². The summed E-state index contributed by atoms with van der Waals surface area (Å²) in [6.07, 6.45) is -4.52. The number of halogens is 5. The van der Waals surface area contributed by atoms with Gasteiger partial charge in [0.2, 0.25) is 0 Å². The highest BCUT2D eigenvalue weighted by Crippen LogP contribution is 2.33. The van der Waals surface area contributed by atoms with Crippen LogP contribution in [0.25, 0.3) is 0 Å². The number of benzene rings is 2. The number of rotatable bonds is 6. The van der Waals surface area contributed by atoms with E-state index in [-0.39, 0.29) is 18.7 Å². The van der Waals surface area contributed by atoms with Gasteiger partial charge in [0.05, 0.1) is 5.56 Å². The third-order valence-corrected chi connectivity index (χ3v) is 3.71. The molecule has 2 aromatic carbocycles. The molecule has 2 rings (SSSR count). The predicted octanol–water partition coefficient (Wildman–Crippen LogP) is 4.25. The number of hydrogen-bond donors (Lipinski definition) is 2. The van der Waals surface area contributed by atoms with Gasteiger partial charge in [-0.25, -0.2) is 13.6 Å². The maximum Gasteiger partial charge on any atom is 0.416 e. The van der Waals surface area contributed by atoms with E-state index in [2.05, 4.69) is 10.6 Å². The van der Waals surface area contributed by atoms with E-state index >= 15 is 0 Å². The van der Waals surface area contributed by atoms with Crippen molar-refractivity contribution in [2.45, 2.75) is 12.1 Å². The van der Waals surface area contributed by atoms with Gasteiger partial charge in [-0.05, 0) is 29.3 Å². The Labute approximate surface area is 147 Å². The van der Waals surface area contributed by atoms with Crippen molar-refractivity contribution in [3.8, 4) is 0 Å². The number of alkyl halides is 4. The lowest BCUT2D eigenvalue weighted by molar-refractivity contribution is -0.137. The smallest absolute Gasteiger partial charge is 0.337 e. The van der Waals surface area contributed by atoms with Crippen molar-refractivity contribution in [2.24, 2.45) is 0 Å². The van der Waals surface area contributed by atoms with E-state index in [0.717, 1.165) is 12.1 Å². The lowest BCUT2D eigenvalue weighted by Crippen LogP contribution is -2.38. The number of carbonyl (C=O) groups excluding carboxylic acids is 1. The molecule has 1 atom stereocenters. The molecule has 1 unspecified atom stereocenters. The Morgan fingerprint density at radius 2 is 1.65 bits per heavy atom. The highest BCUT2D eigenvalue weighted by Gasteiger charge is 2.31. The third kappa shape index (κ3) is 5.44. The SMILES string of the molecule is O=C(NCCF)NCC(c1cccc(F)c1)c1cccc(C(F)(F)F)c1. The zero-order valence-electron chi connectivity index (χ0n) is 13.6. The number of urea groups is 1. The lowest BCUT2D eigenvalue weighted by Gasteiger charge is -2.20. The van der Waals surface area contributed by atoms with Gasteiger partial charge in [-0.2, -0.15) is 13.2 Å². The molecule has 0 aliphatic carbocycles. The molecule has 2 aromatic rings. The van der Waals surface area contributed by atoms with Gasteiger partial charge >= 0.3 is 12.2 Å². The molecule has 0 bridgehead atoms. The van der Waals surface area contributed by atoms with E-state index in [9.17, 15) is 26.7 Å². The van der Waals surface area contributed by atoms with Gasteiger partial charge < -0.3 is 10.6 Å². The molecular formula is C18H17F5N2O. The fourth-order valence-corrected chi connectivity index (χ4v) is 2.50. The fourth-order valence-electron chi connectivity index (χ4n) is 2.50. The number of nitrogens with one attached hydrogen (secondary N) is 2. The second kappa shape index (κ2) is 8.64. The number of carbonyl (C=O) groups is 1. The van der Waals surface area contributed by atoms with E-state index in [1.807, 2.05) is 0 Å². The quantitative estimate of drug-likeness (QED) is 0.732. The molecule has 26 heavy (non-hydrogen) atoms. The van der Waals surface area contributed by atoms with Crippen LogP contribution in [0.15, 0.2) is 48.5 Å². The summed E-state index contributed by atoms with van der Waals surface area (Å²) < 4.78 is 64.6. The zero-order chi connectivity index (χ0) is 19.2. The van der Waals surface area contributed by atoms with Crippen LogP contribution in [-0.4, -0.2) is 25.8 Å². The van der Waals surface area contributed by atoms with Crippen LogP contribution >= 0.6 is 0 Å². The largest absolute Gasteiger partial charge is 0.416 e. The molecule has 2 N–H and O–H groups in total. The molecule has 0 radical (unpaired) electrons. The molecule has 0 heterocycles. The summed E-state index contributed by atoms with van der Waals surface area (Å²) in [6, 6.07) is 9.41. The maximum atomic E-state index is 13.6. The molecule has 0 aliphatic rings. The minimum Gasteiger partial charge on any atom is -0.337 e. The van der Waals surface area contributed by atoms with Gasteiger partial charge in [-0.1, -0.05) is 30.3 Å². The van der Waals surface area contributed by atoms with Gasteiger partial charge in [0, 0.05) is 19.0 Å². The Morgan fingerprint density at radius 1 is 1.00 bits per heavy atom. The summed E-state index contributed by atoms with van der Waals surface area (Å²) in [4.78, 5) is 11.6. The molecule has 2 amide bonds. The van der Waals surface area contributed by atoms with Crippen LogP contribution in [0.2, 0.25) is 0 Å². The second-order valence-electron chi connectivity index (χ2n) is 5.56. The monoisotopic (exact) mass is 372 g/mol. The molecule has 0 aliphatic heterocycles. The van der Waals surface area contributed by atoms with E-state index < -0.39 is 36.2 Å². The van der Waals surface area contributed by atoms with Crippen LogP contribution in [0.5, 0.6) is 0 Å². The van der Waals surface area contributed by atoms with Crippen molar-refractivity contribution in [2.75, 3.05) is 19.8 Å². The van der Waals surface area contributed by atoms with Crippen molar-refractivity contribution in [3.63, 3.8) is 0 Å². The van der Waals surface area contributed by atoms with E-state index in [4.69, 9.17) is 0 Å². The van der Waals surface area contributed by atoms with Crippen LogP contribution in [0.1, 0.15) is 22.6 Å². The van der Waals surface area contributed by atoms with Gasteiger partial charge in [0.25, 0.3) is 0 Å². The first kappa shape index (κ1) is 19.7. The first-order valence-electron chi connectivity index (χ1n) is 7.81. The van der Waals surface area contributed by atoms with Crippen molar-refractivity contribution in [1.82, 2.24) is 10.6 Å². The van der Waals surface area contributed by atoms with Gasteiger partial charge in [-0.3, -0.25) is 0 Å². The first-order valence-corrected chi connectivity index (χ1v) is 7.81. The summed E-state index contributed by atoms with van der Waals surface area (Å²) in [7, 11) is 0. The van der Waals surface area contributed by atoms with Crippen molar-refractivity contribution >= 4 is 6.03 Å². The van der Waals surface area contributed by atoms with Crippen LogP contribution in [0.4, 0.5) is 26.7 Å². The fraction of sp³-hybridized carbons (Fsp3) is 0.278. The Hall–Kier alpha value is -2.64. The lowest BCUT2D eigenvalue weighted by atomic mass is 9.90. The van der Waals surface area contributed by atoms with Crippen LogP contribution in [0.3, 0.4) is 0 Å². The molecule has 0 spiro atoms. The first-order chi connectivity index (χ1) is 12.3. The summed E-state index contributed by atoms with van der Waals surface area (Å²) in [5, 5.41) is 4.73. The molecule has 0 aromatic heterocycles. The average molecular weight is 372 g/mol. The third-order valence-electron chi connectivity index (χ3n) is 3.71. The molecule has 3 nitrogen and oxygen atoms in total. The van der Waals surface area contributed by atoms with Crippen molar-refractivity contribution < 1.29 is 26.7 Å². The highest BCUT2D eigenvalue weighted by molar-refractivity contribution is 5.73. The Balaban J connectivity index is 2.30.